The number of amides is 1. The minimum absolute atomic E-state index is 0.00681. The summed E-state index contributed by atoms with van der Waals surface area (Å²) in [4.78, 5) is 24.7. The van der Waals surface area contributed by atoms with Crippen molar-refractivity contribution in [2.45, 2.75) is 46.6 Å². The summed E-state index contributed by atoms with van der Waals surface area (Å²) in [5.41, 5.74) is -0.870. The third kappa shape index (κ3) is 7.14. The third-order valence-corrected chi connectivity index (χ3v) is 4.01. The molecule has 0 fully saturated rings. The Bertz CT molecular complexity index is 850. The van der Waals surface area contributed by atoms with E-state index in [0.29, 0.717) is 22.9 Å². The van der Waals surface area contributed by atoms with Crippen molar-refractivity contribution in [3.05, 3.63) is 48.5 Å². The summed E-state index contributed by atoms with van der Waals surface area (Å²) >= 11 is 0. The zero-order chi connectivity index (χ0) is 21.7. The maximum Gasteiger partial charge on any atom is 0.307 e. The number of carbonyl (C=O) groups excluding carboxylic acids is 2. The van der Waals surface area contributed by atoms with Crippen LogP contribution in [0.25, 0.3) is 0 Å². The lowest BCUT2D eigenvalue weighted by molar-refractivity contribution is -0.158. The normalized spacial score (nSPS) is 11.5. The van der Waals surface area contributed by atoms with Gasteiger partial charge in [-0.05, 0) is 57.2 Å². The van der Waals surface area contributed by atoms with Crippen LogP contribution in [0.15, 0.2) is 48.5 Å². The first kappa shape index (κ1) is 22.3. The van der Waals surface area contributed by atoms with Crippen molar-refractivity contribution in [2.75, 3.05) is 12.4 Å². The van der Waals surface area contributed by atoms with Crippen LogP contribution in [0.4, 0.5) is 5.69 Å². The van der Waals surface area contributed by atoms with E-state index in [-0.39, 0.29) is 12.3 Å². The molecule has 0 saturated heterocycles. The highest BCUT2D eigenvalue weighted by Gasteiger charge is 2.32. The van der Waals surface area contributed by atoms with Gasteiger partial charge in [0.15, 0.2) is 0 Å². The van der Waals surface area contributed by atoms with E-state index in [1.807, 2.05) is 18.2 Å². The Hall–Kier alpha value is -3.02. The fourth-order valence-electron chi connectivity index (χ4n) is 2.53. The van der Waals surface area contributed by atoms with Gasteiger partial charge in [-0.15, -0.1) is 0 Å². The zero-order valence-corrected chi connectivity index (χ0v) is 17.9. The van der Waals surface area contributed by atoms with Gasteiger partial charge in [0.25, 0.3) is 0 Å². The minimum atomic E-state index is -0.905. The SMILES string of the molecule is COc1cccc(Oc2ccc(NC(=O)C(C)(C)CC(=O)OC(C)(C)C)cc2)c1. The van der Waals surface area contributed by atoms with Gasteiger partial charge >= 0.3 is 5.97 Å². The lowest BCUT2D eigenvalue weighted by Gasteiger charge is -2.26. The number of carbonyl (C=O) groups is 2. The van der Waals surface area contributed by atoms with E-state index >= 15 is 0 Å². The largest absolute Gasteiger partial charge is 0.497 e. The summed E-state index contributed by atoms with van der Waals surface area (Å²) in [6.45, 7) is 8.83. The highest BCUT2D eigenvalue weighted by atomic mass is 16.6. The molecule has 0 saturated carbocycles. The number of anilines is 1. The third-order valence-electron chi connectivity index (χ3n) is 4.01. The molecule has 0 aliphatic heterocycles. The number of hydrogen-bond acceptors (Lipinski definition) is 5. The van der Waals surface area contributed by atoms with Gasteiger partial charge in [0.05, 0.1) is 18.9 Å². The molecule has 0 unspecified atom stereocenters. The smallest absolute Gasteiger partial charge is 0.307 e. The molecule has 2 aromatic carbocycles. The summed E-state index contributed by atoms with van der Waals surface area (Å²) in [6, 6.07) is 14.3. The number of rotatable bonds is 7. The van der Waals surface area contributed by atoms with Crippen LogP contribution in [0.3, 0.4) is 0 Å². The highest BCUT2D eigenvalue weighted by molar-refractivity contribution is 5.97. The first-order valence-electron chi connectivity index (χ1n) is 9.44. The van der Waals surface area contributed by atoms with Crippen molar-refractivity contribution in [1.29, 1.82) is 0 Å². The van der Waals surface area contributed by atoms with Crippen LogP contribution >= 0.6 is 0 Å². The molecular weight excluding hydrogens is 370 g/mol. The summed E-state index contributed by atoms with van der Waals surface area (Å²) in [6.07, 6.45) is -0.00681. The van der Waals surface area contributed by atoms with Gasteiger partial charge in [-0.3, -0.25) is 9.59 Å². The van der Waals surface area contributed by atoms with Crippen LogP contribution in [0.5, 0.6) is 17.2 Å². The van der Waals surface area contributed by atoms with Gasteiger partial charge in [-0.1, -0.05) is 19.9 Å². The monoisotopic (exact) mass is 399 g/mol. The lowest BCUT2D eigenvalue weighted by atomic mass is 9.88. The summed E-state index contributed by atoms with van der Waals surface area (Å²) in [5, 5.41) is 2.84. The molecule has 2 aromatic rings. The van der Waals surface area contributed by atoms with E-state index in [1.54, 1.807) is 72.1 Å². The molecule has 156 valence electrons. The predicted molar refractivity (Wildman–Crippen MR) is 112 cm³/mol. The Kier molecular flexibility index (Phi) is 6.90. The molecular formula is C23H29NO5. The Balaban J connectivity index is 1.97. The van der Waals surface area contributed by atoms with Crippen molar-refractivity contribution in [3.8, 4) is 17.2 Å². The van der Waals surface area contributed by atoms with E-state index in [0.717, 1.165) is 0 Å². The van der Waals surface area contributed by atoms with E-state index < -0.39 is 17.0 Å². The average Bonchev–Trinajstić information content (AvgIpc) is 2.61. The average molecular weight is 399 g/mol. The summed E-state index contributed by atoms with van der Waals surface area (Å²) < 4.78 is 16.3. The van der Waals surface area contributed by atoms with Crippen molar-refractivity contribution >= 4 is 17.6 Å². The van der Waals surface area contributed by atoms with Gasteiger partial charge in [0.1, 0.15) is 22.8 Å². The van der Waals surface area contributed by atoms with E-state index in [2.05, 4.69) is 5.32 Å². The first-order valence-corrected chi connectivity index (χ1v) is 9.44. The molecule has 0 heterocycles. The van der Waals surface area contributed by atoms with Crippen molar-refractivity contribution < 1.29 is 23.8 Å². The Morgan fingerprint density at radius 2 is 1.52 bits per heavy atom. The van der Waals surface area contributed by atoms with Gasteiger partial charge in [0, 0.05) is 11.8 Å². The Morgan fingerprint density at radius 3 is 2.10 bits per heavy atom. The molecule has 1 N–H and O–H groups in total. The molecule has 2 rings (SSSR count). The van der Waals surface area contributed by atoms with Crippen LogP contribution < -0.4 is 14.8 Å². The Morgan fingerprint density at radius 1 is 0.897 bits per heavy atom. The van der Waals surface area contributed by atoms with Crippen LogP contribution in [-0.2, 0) is 14.3 Å². The molecule has 0 radical (unpaired) electrons. The quantitative estimate of drug-likeness (QED) is 0.649. The van der Waals surface area contributed by atoms with E-state index in [9.17, 15) is 9.59 Å². The molecule has 0 aliphatic carbocycles. The number of hydrogen-bond donors (Lipinski definition) is 1. The molecule has 29 heavy (non-hydrogen) atoms. The standard InChI is InChI=1S/C23H29NO5/c1-22(2,3)29-20(25)15-23(4,5)21(26)24-16-10-12-17(13-11-16)28-19-9-7-8-18(14-19)27-6/h7-14H,15H2,1-6H3,(H,24,26). The van der Waals surface area contributed by atoms with Gasteiger partial charge in [0.2, 0.25) is 5.91 Å². The van der Waals surface area contributed by atoms with Crippen molar-refractivity contribution in [1.82, 2.24) is 0 Å². The van der Waals surface area contributed by atoms with E-state index in [4.69, 9.17) is 14.2 Å². The first-order chi connectivity index (χ1) is 13.5. The fourth-order valence-corrected chi connectivity index (χ4v) is 2.53. The molecule has 0 aromatic heterocycles. The number of benzene rings is 2. The molecule has 1 amide bonds. The predicted octanol–water partition coefficient (Wildman–Crippen LogP) is 5.18. The van der Waals surface area contributed by atoms with Gasteiger partial charge in [-0.25, -0.2) is 0 Å². The maximum atomic E-state index is 12.6. The fraction of sp³-hybridized carbons (Fsp3) is 0.391. The maximum absolute atomic E-state index is 12.6. The van der Waals surface area contributed by atoms with Gasteiger partial charge < -0.3 is 19.5 Å². The topological polar surface area (TPSA) is 73.9 Å². The number of esters is 1. The molecule has 0 bridgehead atoms. The number of ether oxygens (including phenoxy) is 3. The lowest BCUT2D eigenvalue weighted by Crippen LogP contribution is -2.35. The Labute approximate surface area is 172 Å². The number of nitrogens with one attached hydrogen (secondary N) is 1. The minimum Gasteiger partial charge on any atom is -0.497 e. The molecule has 0 aliphatic rings. The molecule has 6 heteroatoms. The highest BCUT2D eigenvalue weighted by Crippen LogP contribution is 2.28. The van der Waals surface area contributed by atoms with Crippen LogP contribution in [-0.4, -0.2) is 24.6 Å². The zero-order valence-electron chi connectivity index (χ0n) is 17.9. The van der Waals surface area contributed by atoms with E-state index in [1.165, 1.54) is 0 Å². The second-order valence-electron chi connectivity index (χ2n) is 8.41. The molecule has 0 spiro atoms. The van der Waals surface area contributed by atoms with Crippen LogP contribution in [0, 0.1) is 5.41 Å². The second-order valence-corrected chi connectivity index (χ2v) is 8.41. The van der Waals surface area contributed by atoms with Crippen molar-refractivity contribution in [3.63, 3.8) is 0 Å². The van der Waals surface area contributed by atoms with Crippen LogP contribution in [0.2, 0.25) is 0 Å². The molecule has 6 nitrogen and oxygen atoms in total. The summed E-state index contributed by atoms with van der Waals surface area (Å²) in [5.74, 6) is 1.33. The number of methoxy groups -OCH3 is 1. The molecule has 0 atom stereocenters. The summed E-state index contributed by atoms with van der Waals surface area (Å²) in [7, 11) is 1.60. The van der Waals surface area contributed by atoms with Gasteiger partial charge in [-0.2, -0.15) is 0 Å². The van der Waals surface area contributed by atoms with Crippen molar-refractivity contribution in [2.24, 2.45) is 5.41 Å². The van der Waals surface area contributed by atoms with Crippen LogP contribution in [0.1, 0.15) is 41.0 Å². The second kappa shape index (κ2) is 8.99.